The fourth-order valence-electron chi connectivity index (χ4n) is 1.53. The minimum Gasteiger partial charge on any atom is -0.321 e. The molecular weight excluding hydrogens is 164 g/mol. The van der Waals surface area contributed by atoms with E-state index in [0.29, 0.717) is 0 Å². The van der Waals surface area contributed by atoms with Crippen molar-refractivity contribution >= 4 is 5.65 Å². The van der Waals surface area contributed by atoms with Gasteiger partial charge in [-0.25, -0.2) is 9.50 Å². The number of pyridine rings is 1. The summed E-state index contributed by atoms with van der Waals surface area (Å²) in [6.45, 7) is 0. The van der Waals surface area contributed by atoms with E-state index in [-0.39, 0.29) is 5.54 Å². The molecule has 0 radical (unpaired) electrons. The van der Waals surface area contributed by atoms with E-state index in [1.165, 1.54) is 0 Å². The number of nitrogens with zero attached hydrogens (tertiary/aromatic N) is 3. The number of rotatable bonds is 1. The summed E-state index contributed by atoms with van der Waals surface area (Å²) in [6.07, 6.45) is 5.67. The Hall–Kier alpha value is -1.42. The number of hydrogen-bond donors (Lipinski definition) is 1. The van der Waals surface area contributed by atoms with Gasteiger partial charge in [-0.05, 0) is 24.5 Å². The summed E-state index contributed by atoms with van der Waals surface area (Å²) in [5, 5.41) is 4.07. The van der Waals surface area contributed by atoms with E-state index >= 15 is 0 Å². The Balaban J connectivity index is 2.20. The van der Waals surface area contributed by atoms with Crippen molar-refractivity contribution in [3.05, 3.63) is 30.2 Å². The first-order valence-corrected chi connectivity index (χ1v) is 4.37. The van der Waals surface area contributed by atoms with Crippen molar-refractivity contribution in [3.63, 3.8) is 0 Å². The Morgan fingerprint density at radius 1 is 1.38 bits per heavy atom. The van der Waals surface area contributed by atoms with Gasteiger partial charge in [-0.15, -0.1) is 0 Å². The third-order valence-electron chi connectivity index (χ3n) is 2.64. The Morgan fingerprint density at radius 2 is 2.23 bits per heavy atom. The fourth-order valence-corrected chi connectivity index (χ4v) is 1.53. The summed E-state index contributed by atoms with van der Waals surface area (Å²) in [4.78, 5) is 4.07. The maximum Gasteiger partial charge on any atom is 0.155 e. The van der Waals surface area contributed by atoms with Crippen LogP contribution >= 0.6 is 0 Å². The van der Waals surface area contributed by atoms with Crippen LogP contribution in [0.1, 0.15) is 18.4 Å². The van der Waals surface area contributed by atoms with Crippen LogP contribution in [0.4, 0.5) is 0 Å². The van der Waals surface area contributed by atoms with Crippen molar-refractivity contribution in [2.75, 3.05) is 0 Å². The Labute approximate surface area is 75.4 Å². The van der Waals surface area contributed by atoms with Crippen molar-refractivity contribution < 1.29 is 0 Å². The molecule has 0 saturated heterocycles. The highest BCUT2D eigenvalue weighted by molar-refractivity contribution is 5.40. The molecule has 1 aliphatic rings. The van der Waals surface area contributed by atoms with Gasteiger partial charge in [-0.1, -0.05) is 6.07 Å². The zero-order valence-electron chi connectivity index (χ0n) is 7.14. The molecular formula is C9H10N4. The zero-order valence-corrected chi connectivity index (χ0v) is 7.14. The molecule has 0 atom stereocenters. The monoisotopic (exact) mass is 174 g/mol. The second-order valence-corrected chi connectivity index (χ2v) is 3.64. The highest BCUT2D eigenvalue weighted by atomic mass is 15.3. The largest absolute Gasteiger partial charge is 0.321 e. The van der Waals surface area contributed by atoms with Crippen molar-refractivity contribution in [3.8, 4) is 0 Å². The highest BCUT2D eigenvalue weighted by Gasteiger charge is 2.40. The van der Waals surface area contributed by atoms with E-state index < -0.39 is 0 Å². The van der Waals surface area contributed by atoms with Crippen molar-refractivity contribution in [1.82, 2.24) is 14.6 Å². The van der Waals surface area contributed by atoms with Gasteiger partial charge in [0.1, 0.15) is 6.33 Å². The summed E-state index contributed by atoms with van der Waals surface area (Å²) in [5.74, 6) is 0. The number of aromatic nitrogens is 3. The van der Waals surface area contributed by atoms with E-state index in [9.17, 15) is 0 Å². The first kappa shape index (κ1) is 7.03. The lowest BCUT2D eigenvalue weighted by molar-refractivity contribution is 0.727. The maximum absolute atomic E-state index is 6.07. The lowest BCUT2D eigenvalue weighted by Gasteiger charge is -2.07. The molecule has 0 unspecified atom stereocenters. The third kappa shape index (κ3) is 0.954. The minimum atomic E-state index is -0.0832. The van der Waals surface area contributed by atoms with Gasteiger partial charge in [0, 0.05) is 11.7 Å². The average Bonchev–Trinajstić information content (AvgIpc) is 2.74. The molecule has 0 amide bonds. The smallest absolute Gasteiger partial charge is 0.155 e. The predicted octanol–water partition coefficient (Wildman–Crippen LogP) is 0.677. The molecule has 2 aromatic rings. The lowest BCUT2D eigenvalue weighted by Crippen LogP contribution is -2.19. The van der Waals surface area contributed by atoms with E-state index in [2.05, 4.69) is 10.1 Å². The van der Waals surface area contributed by atoms with Gasteiger partial charge >= 0.3 is 0 Å². The molecule has 3 rings (SSSR count). The van der Waals surface area contributed by atoms with Gasteiger partial charge in [0.2, 0.25) is 0 Å². The quantitative estimate of drug-likeness (QED) is 0.691. The SMILES string of the molecule is NC1(c2ccc3ncnn3c2)CC1. The molecule has 4 heteroatoms. The Kier molecular flexibility index (Phi) is 1.13. The van der Waals surface area contributed by atoms with Crippen LogP contribution in [0.5, 0.6) is 0 Å². The molecule has 0 spiro atoms. The molecule has 0 bridgehead atoms. The van der Waals surface area contributed by atoms with Gasteiger partial charge in [0.15, 0.2) is 5.65 Å². The van der Waals surface area contributed by atoms with Crippen LogP contribution in [0, 0.1) is 0 Å². The molecule has 4 nitrogen and oxygen atoms in total. The van der Waals surface area contributed by atoms with Gasteiger partial charge in [0.25, 0.3) is 0 Å². The van der Waals surface area contributed by atoms with E-state index in [1.807, 2.05) is 18.3 Å². The van der Waals surface area contributed by atoms with Crippen LogP contribution in [-0.2, 0) is 5.54 Å². The molecule has 1 saturated carbocycles. The first-order valence-electron chi connectivity index (χ1n) is 4.37. The molecule has 0 aliphatic heterocycles. The summed E-state index contributed by atoms with van der Waals surface area (Å²) in [5.41, 5.74) is 8.01. The second-order valence-electron chi connectivity index (χ2n) is 3.64. The van der Waals surface area contributed by atoms with Crippen molar-refractivity contribution in [2.24, 2.45) is 5.73 Å². The van der Waals surface area contributed by atoms with Crippen LogP contribution in [0.3, 0.4) is 0 Å². The van der Waals surface area contributed by atoms with Crippen LogP contribution < -0.4 is 5.73 Å². The third-order valence-corrected chi connectivity index (χ3v) is 2.64. The van der Waals surface area contributed by atoms with Crippen molar-refractivity contribution in [2.45, 2.75) is 18.4 Å². The Bertz CT molecular complexity index is 455. The average molecular weight is 174 g/mol. The molecule has 1 aliphatic carbocycles. The number of fused-ring (bicyclic) bond motifs is 1. The van der Waals surface area contributed by atoms with Crippen LogP contribution in [0.15, 0.2) is 24.7 Å². The Morgan fingerprint density at radius 3 is 3.00 bits per heavy atom. The molecule has 0 aromatic carbocycles. The van der Waals surface area contributed by atoms with Gasteiger partial charge in [0.05, 0.1) is 0 Å². The maximum atomic E-state index is 6.07. The number of nitrogens with two attached hydrogens (primary N) is 1. The molecule has 66 valence electrons. The van der Waals surface area contributed by atoms with Gasteiger partial charge < -0.3 is 5.73 Å². The molecule has 2 N–H and O–H groups in total. The van der Waals surface area contributed by atoms with Gasteiger partial charge in [-0.3, -0.25) is 0 Å². The van der Waals surface area contributed by atoms with Crippen molar-refractivity contribution in [1.29, 1.82) is 0 Å². The van der Waals surface area contributed by atoms with Crippen LogP contribution in [0.25, 0.3) is 5.65 Å². The first-order chi connectivity index (χ1) is 6.28. The summed E-state index contributed by atoms with van der Waals surface area (Å²) in [7, 11) is 0. The predicted molar refractivity (Wildman–Crippen MR) is 48.1 cm³/mol. The van der Waals surface area contributed by atoms with E-state index in [1.54, 1.807) is 10.8 Å². The summed E-state index contributed by atoms with van der Waals surface area (Å²) < 4.78 is 1.77. The van der Waals surface area contributed by atoms with E-state index in [4.69, 9.17) is 5.73 Å². The second kappa shape index (κ2) is 2.09. The zero-order chi connectivity index (χ0) is 8.89. The standard InChI is InChI=1S/C9H10N4/c10-9(3-4-9)7-1-2-8-11-6-12-13(8)5-7/h1-2,5-6H,3-4,10H2. The lowest BCUT2D eigenvalue weighted by atomic mass is 10.1. The topological polar surface area (TPSA) is 56.2 Å². The summed E-state index contributed by atoms with van der Waals surface area (Å²) >= 11 is 0. The molecule has 13 heavy (non-hydrogen) atoms. The summed E-state index contributed by atoms with van der Waals surface area (Å²) in [6, 6.07) is 3.99. The van der Waals surface area contributed by atoms with Gasteiger partial charge in [-0.2, -0.15) is 5.10 Å². The normalized spacial score (nSPS) is 19.2. The minimum absolute atomic E-state index is 0.0832. The fraction of sp³-hybridized carbons (Fsp3) is 0.333. The highest BCUT2D eigenvalue weighted by Crippen LogP contribution is 2.42. The van der Waals surface area contributed by atoms with Crippen LogP contribution in [-0.4, -0.2) is 14.6 Å². The van der Waals surface area contributed by atoms with Crippen LogP contribution in [0.2, 0.25) is 0 Å². The molecule has 2 heterocycles. The van der Waals surface area contributed by atoms with E-state index in [0.717, 1.165) is 24.1 Å². The molecule has 1 fully saturated rings. The number of hydrogen-bond acceptors (Lipinski definition) is 3. The molecule has 2 aromatic heterocycles.